The summed E-state index contributed by atoms with van der Waals surface area (Å²) in [6.07, 6.45) is 5.30. The molecular formula is C10H18O2. The summed E-state index contributed by atoms with van der Waals surface area (Å²) in [5.41, 5.74) is 0. The predicted octanol–water partition coefficient (Wildman–Crippen LogP) is 1.74. The Kier molecular flexibility index (Phi) is 3.76. The Bertz CT molecular complexity index is 145. The molecule has 12 heavy (non-hydrogen) atoms. The van der Waals surface area contributed by atoms with E-state index in [0.29, 0.717) is 12.0 Å². The maximum atomic E-state index is 8.73. The van der Waals surface area contributed by atoms with Crippen molar-refractivity contribution in [1.29, 1.82) is 0 Å². The highest BCUT2D eigenvalue weighted by Gasteiger charge is 2.30. The molecule has 1 aliphatic rings. The van der Waals surface area contributed by atoms with Crippen LogP contribution < -0.4 is 0 Å². The van der Waals surface area contributed by atoms with Crippen molar-refractivity contribution in [2.75, 3.05) is 6.61 Å². The first-order valence-electron chi connectivity index (χ1n) is 4.65. The number of hydrogen-bond donors (Lipinski definition) is 1. The van der Waals surface area contributed by atoms with Gasteiger partial charge in [-0.05, 0) is 25.2 Å². The van der Waals surface area contributed by atoms with E-state index < -0.39 is 0 Å². The van der Waals surface area contributed by atoms with Crippen molar-refractivity contribution in [3.63, 3.8) is 0 Å². The van der Waals surface area contributed by atoms with Gasteiger partial charge in [0.2, 0.25) is 0 Å². The lowest BCUT2D eigenvalue weighted by molar-refractivity contribution is 0.0257. The van der Waals surface area contributed by atoms with Crippen LogP contribution in [0.1, 0.15) is 26.2 Å². The van der Waals surface area contributed by atoms with Crippen LogP contribution in [-0.4, -0.2) is 23.9 Å². The smallest absolute Gasteiger partial charge is 0.0639 e. The van der Waals surface area contributed by atoms with Crippen LogP contribution in [0.2, 0.25) is 0 Å². The minimum Gasteiger partial charge on any atom is -0.396 e. The van der Waals surface area contributed by atoms with E-state index in [1.165, 1.54) is 0 Å². The van der Waals surface area contributed by atoms with Crippen LogP contribution in [0, 0.1) is 5.92 Å². The quantitative estimate of drug-likeness (QED) is 0.651. The van der Waals surface area contributed by atoms with Crippen LogP contribution in [0.25, 0.3) is 0 Å². The predicted molar refractivity (Wildman–Crippen MR) is 49.0 cm³/mol. The van der Waals surface area contributed by atoms with E-state index in [2.05, 4.69) is 13.5 Å². The van der Waals surface area contributed by atoms with Gasteiger partial charge in [-0.2, -0.15) is 0 Å². The summed E-state index contributed by atoms with van der Waals surface area (Å²) in [4.78, 5) is 0. The highest BCUT2D eigenvalue weighted by molar-refractivity contribution is 4.84. The largest absolute Gasteiger partial charge is 0.396 e. The average Bonchev–Trinajstić information content (AvgIpc) is 2.34. The molecule has 0 aromatic carbocycles. The van der Waals surface area contributed by atoms with E-state index in [4.69, 9.17) is 9.84 Å². The van der Waals surface area contributed by atoms with Crippen LogP contribution >= 0.6 is 0 Å². The Balaban J connectivity index is 2.33. The monoisotopic (exact) mass is 170 g/mol. The molecule has 70 valence electrons. The third-order valence-corrected chi connectivity index (χ3v) is 2.49. The lowest BCUT2D eigenvalue weighted by Crippen LogP contribution is -2.13. The van der Waals surface area contributed by atoms with Gasteiger partial charge in [-0.3, -0.25) is 0 Å². The maximum Gasteiger partial charge on any atom is 0.0639 e. The molecule has 0 spiro atoms. The molecule has 1 aliphatic heterocycles. The SMILES string of the molecule is C=CC[C@@H]1O[C@@H](CCO)C[C@@H]1C. The van der Waals surface area contributed by atoms with Crippen molar-refractivity contribution in [3.8, 4) is 0 Å². The van der Waals surface area contributed by atoms with Crippen LogP contribution in [-0.2, 0) is 4.74 Å². The molecule has 0 aliphatic carbocycles. The second-order valence-corrected chi connectivity index (χ2v) is 3.55. The number of aliphatic hydroxyl groups is 1. The minimum absolute atomic E-state index is 0.234. The lowest BCUT2D eigenvalue weighted by atomic mass is 9.99. The summed E-state index contributed by atoms with van der Waals surface area (Å²) < 4.78 is 5.72. The number of ether oxygens (including phenoxy) is 1. The molecule has 1 N–H and O–H groups in total. The van der Waals surface area contributed by atoms with Crippen LogP contribution in [0.4, 0.5) is 0 Å². The standard InChI is InChI=1S/C10H18O2/c1-3-4-10-8(2)7-9(12-10)5-6-11/h3,8-11H,1,4-7H2,2H3/t8-,9-,10-/m0/s1. The molecule has 3 atom stereocenters. The molecule has 2 heteroatoms. The maximum absolute atomic E-state index is 8.73. The molecule has 1 fully saturated rings. The third-order valence-electron chi connectivity index (χ3n) is 2.49. The van der Waals surface area contributed by atoms with Gasteiger partial charge in [-0.25, -0.2) is 0 Å². The van der Waals surface area contributed by atoms with Crippen LogP contribution in [0.5, 0.6) is 0 Å². The Labute approximate surface area is 74.2 Å². The van der Waals surface area contributed by atoms with Gasteiger partial charge in [-0.1, -0.05) is 13.0 Å². The number of rotatable bonds is 4. The first-order chi connectivity index (χ1) is 5.77. The van der Waals surface area contributed by atoms with Crippen LogP contribution in [0.3, 0.4) is 0 Å². The Morgan fingerprint density at radius 1 is 1.67 bits per heavy atom. The van der Waals surface area contributed by atoms with Gasteiger partial charge in [0.05, 0.1) is 12.2 Å². The van der Waals surface area contributed by atoms with Gasteiger partial charge in [0, 0.05) is 6.61 Å². The zero-order valence-electron chi connectivity index (χ0n) is 7.70. The first kappa shape index (κ1) is 9.75. The second kappa shape index (κ2) is 4.63. The van der Waals surface area contributed by atoms with Crippen molar-refractivity contribution in [2.24, 2.45) is 5.92 Å². The Morgan fingerprint density at radius 3 is 3.00 bits per heavy atom. The fraction of sp³-hybridized carbons (Fsp3) is 0.800. The van der Waals surface area contributed by atoms with Crippen LogP contribution in [0.15, 0.2) is 12.7 Å². The highest BCUT2D eigenvalue weighted by atomic mass is 16.5. The summed E-state index contributed by atoms with van der Waals surface area (Å²) >= 11 is 0. The van der Waals surface area contributed by atoms with Gasteiger partial charge in [0.15, 0.2) is 0 Å². The summed E-state index contributed by atoms with van der Waals surface area (Å²) in [5, 5.41) is 8.73. The molecule has 0 radical (unpaired) electrons. The van der Waals surface area contributed by atoms with Crippen molar-refractivity contribution in [3.05, 3.63) is 12.7 Å². The molecule has 0 amide bonds. The summed E-state index contributed by atoms with van der Waals surface area (Å²) in [5.74, 6) is 0.611. The fourth-order valence-corrected chi connectivity index (χ4v) is 1.79. The molecule has 1 rings (SSSR count). The number of hydrogen-bond acceptors (Lipinski definition) is 2. The first-order valence-corrected chi connectivity index (χ1v) is 4.65. The molecular weight excluding hydrogens is 152 g/mol. The Morgan fingerprint density at radius 2 is 2.42 bits per heavy atom. The normalized spacial score (nSPS) is 35.3. The van der Waals surface area contributed by atoms with E-state index in [1.54, 1.807) is 0 Å². The molecule has 0 saturated carbocycles. The van der Waals surface area contributed by atoms with Crippen molar-refractivity contribution in [2.45, 2.75) is 38.4 Å². The van der Waals surface area contributed by atoms with E-state index in [0.717, 1.165) is 19.3 Å². The third kappa shape index (κ3) is 2.32. The van der Waals surface area contributed by atoms with Gasteiger partial charge < -0.3 is 9.84 Å². The minimum atomic E-state index is 0.234. The van der Waals surface area contributed by atoms with E-state index >= 15 is 0 Å². The topological polar surface area (TPSA) is 29.5 Å². The van der Waals surface area contributed by atoms with Gasteiger partial charge >= 0.3 is 0 Å². The second-order valence-electron chi connectivity index (χ2n) is 3.55. The molecule has 0 aromatic heterocycles. The van der Waals surface area contributed by atoms with Gasteiger partial charge in [-0.15, -0.1) is 6.58 Å². The number of aliphatic hydroxyl groups excluding tert-OH is 1. The zero-order chi connectivity index (χ0) is 8.97. The highest BCUT2D eigenvalue weighted by Crippen LogP contribution is 2.29. The van der Waals surface area contributed by atoms with Gasteiger partial charge in [0.1, 0.15) is 0 Å². The van der Waals surface area contributed by atoms with Crippen molar-refractivity contribution in [1.82, 2.24) is 0 Å². The van der Waals surface area contributed by atoms with E-state index in [9.17, 15) is 0 Å². The summed E-state index contributed by atoms with van der Waals surface area (Å²) in [7, 11) is 0. The van der Waals surface area contributed by atoms with E-state index in [1.807, 2.05) is 6.08 Å². The Hall–Kier alpha value is -0.340. The fourth-order valence-electron chi connectivity index (χ4n) is 1.79. The van der Waals surface area contributed by atoms with Crippen molar-refractivity contribution >= 4 is 0 Å². The van der Waals surface area contributed by atoms with Crippen molar-refractivity contribution < 1.29 is 9.84 Å². The average molecular weight is 170 g/mol. The lowest BCUT2D eigenvalue weighted by Gasteiger charge is -2.12. The zero-order valence-corrected chi connectivity index (χ0v) is 7.70. The molecule has 1 saturated heterocycles. The van der Waals surface area contributed by atoms with Gasteiger partial charge in [0.25, 0.3) is 0 Å². The molecule has 0 unspecified atom stereocenters. The molecule has 0 aromatic rings. The summed E-state index contributed by atoms with van der Waals surface area (Å²) in [6.45, 7) is 6.13. The summed E-state index contributed by atoms with van der Waals surface area (Å²) in [6, 6.07) is 0. The molecule has 2 nitrogen and oxygen atoms in total. The molecule has 1 heterocycles. The molecule has 0 bridgehead atoms. The van der Waals surface area contributed by atoms with E-state index in [-0.39, 0.29) is 12.7 Å².